The molecule has 3 N–H and O–H groups in total. The van der Waals surface area contributed by atoms with Crippen LogP contribution in [0.3, 0.4) is 0 Å². The van der Waals surface area contributed by atoms with E-state index in [1.54, 1.807) is 18.2 Å². The van der Waals surface area contributed by atoms with Gasteiger partial charge in [-0.15, -0.1) is 0 Å². The van der Waals surface area contributed by atoms with Crippen LogP contribution in [0, 0.1) is 5.92 Å². The van der Waals surface area contributed by atoms with Crippen LogP contribution < -0.4 is 16.8 Å². The van der Waals surface area contributed by atoms with Crippen LogP contribution in [0.4, 0.5) is 5.69 Å². The Morgan fingerprint density at radius 1 is 1.47 bits per heavy atom. The lowest BCUT2D eigenvalue weighted by atomic mass is 9.99. The number of oxazole rings is 1. The summed E-state index contributed by atoms with van der Waals surface area (Å²) in [7, 11) is 0. The number of nitrogen functional groups attached to an aromatic ring is 1. The number of hydrogen-bond acceptors (Lipinski definition) is 5. The molecule has 19 heavy (non-hydrogen) atoms. The van der Waals surface area contributed by atoms with Crippen molar-refractivity contribution in [3.8, 4) is 0 Å². The van der Waals surface area contributed by atoms with Gasteiger partial charge in [0.15, 0.2) is 5.58 Å². The molecule has 2 heterocycles. The predicted molar refractivity (Wildman–Crippen MR) is 71.1 cm³/mol. The Morgan fingerprint density at radius 2 is 2.32 bits per heavy atom. The summed E-state index contributed by atoms with van der Waals surface area (Å²) in [6, 6.07) is 4.85. The highest BCUT2D eigenvalue weighted by Gasteiger charge is 2.26. The fraction of sp³-hybridized carbons (Fsp3) is 0.385. The van der Waals surface area contributed by atoms with E-state index < -0.39 is 5.76 Å². The summed E-state index contributed by atoms with van der Waals surface area (Å²) in [4.78, 5) is 24.3. The van der Waals surface area contributed by atoms with Gasteiger partial charge in [0.1, 0.15) is 0 Å². The first-order valence-electron chi connectivity index (χ1n) is 6.33. The number of fused-ring (bicyclic) bond motifs is 1. The first-order valence-corrected chi connectivity index (χ1v) is 6.33. The summed E-state index contributed by atoms with van der Waals surface area (Å²) >= 11 is 0. The van der Waals surface area contributed by atoms with Crippen molar-refractivity contribution in [1.29, 1.82) is 0 Å². The SMILES string of the molecule is Nc1ccc2c(c1)oc(=O)n2C(=O)C1CCCNC1. The molecule has 1 aliphatic heterocycles. The van der Waals surface area contributed by atoms with E-state index in [0.29, 0.717) is 23.3 Å². The van der Waals surface area contributed by atoms with Crippen molar-refractivity contribution in [2.45, 2.75) is 12.8 Å². The lowest BCUT2D eigenvalue weighted by molar-refractivity contribution is 0.0809. The molecule has 3 rings (SSSR count). The Kier molecular flexibility index (Phi) is 2.87. The molecule has 0 saturated carbocycles. The second kappa shape index (κ2) is 4.55. The van der Waals surface area contributed by atoms with E-state index in [1.165, 1.54) is 0 Å². The van der Waals surface area contributed by atoms with E-state index in [4.69, 9.17) is 10.2 Å². The molecule has 0 radical (unpaired) electrons. The Hall–Kier alpha value is -2.08. The van der Waals surface area contributed by atoms with Gasteiger partial charge in [-0.1, -0.05) is 0 Å². The van der Waals surface area contributed by atoms with Crippen molar-refractivity contribution >= 4 is 22.7 Å². The molecule has 0 aliphatic carbocycles. The van der Waals surface area contributed by atoms with Gasteiger partial charge >= 0.3 is 5.76 Å². The summed E-state index contributed by atoms with van der Waals surface area (Å²) in [5.41, 5.74) is 6.97. The Balaban J connectivity index is 2.06. The minimum Gasteiger partial charge on any atom is -0.407 e. The van der Waals surface area contributed by atoms with Gasteiger partial charge in [0, 0.05) is 18.3 Å². The van der Waals surface area contributed by atoms with E-state index in [-0.39, 0.29) is 11.8 Å². The number of nitrogens with one attached hydrogen (secondary N) is 1. The van der Waals surface area contributed by atoms with Crippen molar-refractivity contribution in [1.82, 2.24) is 9.88 Å². The van der Waals surface area contributed by atoms with Crippen molar-refractivity contribution in [3.63, 3.8) is 0 Å². The number of hydrogen-bond donors (Lipinski definition) is 2. The normalized spacial score (nSPS) is 19.7. The minimum atomic E-state index is -0.642. The van der Waals surface area contributed by atoms with Gasteiger partial charge in [-0.25, -0.2) is 9.36 Å². The van der Waals surface area contributed by atoms with Crippen LogP contribution in [0.2, 0.25) is 0 Å². The van der Waals surface area contributed by atoms with E-state index in [2.05, 4.69) is 5.32 Å². The summed E-state index contributed by atoms with van der Waals surface area (Å²) in [5.74, 6) is -1.03. The number of aromatic nitrogens is 1. The van der Waals surface area contributed by atoms with Crippen LogP contribution >= 0.6 is 0 Å². The smallest absolute Gasteiger partial charge is 0.407 e. The van der Waals surface area contributed by atoms with Gasteiger partial charge in [0.25, 0.3) is 0 Å². The molecule has 1 atom stereocenters. The molecule has 1 aliphatic rings. The number of benzene rings is 1. The number of carbonyl (C=O) groups excluding carboxylic acids is 1. The molecule has 6 heteroatoms. The third-order valence-corrected chi connectivity index (χ3v) is 3.47. The standard InChI is InChI=1S/C13H15N3O3/c14-9-3-4-10-11(6-9)19-13(18)16(10)12(17)8-2-1-5-15-7-8/h3-4,6,8,15H,1-2,5,7,14H2. The van der Waals surface area contributed by atoms with Crippen LogP contribution in [0.15, 0.2) is 27.4 Å². The molecule has 2 aromatic rings. The van der Waals surface area contributed by atoms with Crippen molar-refractivity contribution in [2.75, 3.05) is 18.8 Å². The number of nitrogens with zero attached hydrogens (tertiary/aromatic N) is 1. The van der Waals surface area contributed by atoms with Crippen LogP contribution in [-0.2, 0) is 0 Å². The van der Waals surface area contributed by atoms with E-state index in [1.807, 2.05) is 0 Å². The van der Waals surface area contributed by atoms with Crippen LogP contribution in [0.1, 0.15) is 17.6 Å². The largest absolute Gasteiger partial charge is 0.426 e. The van der Waals surface area contributed by atoms with E-state index in [9.17, 15) is 9.59 Å². The maximum atomic E-state index is 12.4. The highest BCUT2D eigenvalue weighted by molar-refractivity contribution is 5.91. The van der Waals surface area contributed by atoms with Crippen LogP contribution in [0.5, 0.6) is 0 Å². The Bertz CT molecular complexity index is 680. The number of carbonyl (C=O) groups is 1. The van der Waals surface area contributed by atoms with Crippen LogP contribution in [0.25, 0.3) is 11.1 Å². The zero-order valence-corrected chi connectivity index (χ0v) is 10.4. The van der Waals surface area contributed by atoms with Gasteiger partial charge in [0.2, 0.25) is 5.91 Å². The summed E-state index contributed by atoms with van der Waals surface area (Å²) in [6.45, 7) is 1.52. The van der Waals surface area contributed by atoms with Gasteiger partial charge in [-0.05, 0) is 31.5 Å². The lowest BCUT2D eigenvalue weighted by Gasteiger charge is -2.21. The molecule has 1 saturated heterocycles. The Labute approximate surface area is 109 Å². The fourth-order valence-corrected chi connectivity index (χ4v) is 2.49. The number of anilines is 1. The number of piperidine rings is 1. The zero-order chi connectivity index (χ0) is 13.4. The second-order valence-electron chi connectivity index (χ2n) is 4.81. The molecule has 1 unspecified atom stereocenters. The van der Waals surface area contributed by atoms with E-state index in [0.717, 1.165) is 24.0 Å². The average molecular weight is 261 g/mol. The maximum Gasteiger partial charge on any atom is 0.426 e. The minimum absolute atomic E-state index is 0.176. The monoisotopic (exact) mass is 261 g/mol. The molecule has 100 valence electrons. The first-order chi connectivity index (χ1) is 9.16. The van der Waals surface area contributed by atoms with Gasteiger partial charge in [0.05, 0.1) is 11.4 Å². The van der Waals surface area contributed by atoms with Gasteiger partial charge in [-0.2, -0.15) is 0 Å². The molecular formula is C13H15N3O3. The third-order valence-electron chi connectivity index (χ3n) is 3.47. The van der Waals surface area contributed by atoms with E-state index >= 15 is 0 Å². The van der Waals surface area contributed by atoms with Gasteiger partial charge < -0.3 is 15.5 Å². The van der Waals surface area contributed by atoms with Crippen molar-refractivity contribution < 1.29 is 9.21 Å². The van der Waals surface area contributed by atoms with Crippen molar-refractivity contribution in [3.05, 3.63) is 28.7 Å². The lowest BCUT2D eigenvalue weighted by Crippen LogP contribution is -2.39. The molecule has 6 nitrogen and oxygen atoms in total. The fourth-order valence-electron chi connectivity index (χ4n) is 2.49. The number of rotatable bonds is 1. The molecule has 0 amide bonds. The topological polar surface area (TPSA) is 90.3 Å². The molecule has 1 aromatic carbocycles. The zero-order valence-electron chi connectivity index (χ0n) is 10.4. The third kappa shape index (κ3) is 2.04. The highest BCUT2D eigenvalue weighted by Crippen LogP contribution is 2.19. The Morgan fingerprint density at radius 3 is 3.05 bits per heavy atom. The highest BCUT2D eigenvalue weighted by atomic mass is 16.4. The summed E-state index contributed by atoms with van der Waals surface area (Å²) in [6.07, 6.45) is 1.73. The summed E-state index contributed by atoms with van der Waals surface area (Å²) in [5, 5.41) is 3.17. The molecule has 0 spiro atoms. The molecular weight excluding hydrogens is 246 g/mol. The second-order valence-corrected chi connectivity index (χ2v) is 4.81. The van der Waals surface area contributed by atoms with Crippen LogP contribution in [-0.4, -0.2) is 23.6 Å². The quantitative estimate of drug-likeness (QED) is 0.742. The summed E-state index contributed by atoms with van der Waals surface area (Å²) < 4.78 is 6.20. The average Bonchev–Trinajstić information content (AvgIpc) is 2.74. The molecule has 1 fully saturated rings. The molecule has 0 bridgehead atoms. The predicted octanol–water partition coefficient (Wildman–Crippen LogP) is 0.817. The number of nitrogens with two attached hydrogens (primary N) is 1. The molecule has 1 aromatic heterocycles. The first kappa shape index (κ1) is 12.0. The van der Waals surface area contributed by atoms with Gasteiger partial charge in [-0.3, -0.25) is 4.79 Å². The van der Waals surface area contributed by atoms with Crippen molar-refractivity contribution in [2.24, 2.45) is 5.92 Å². The maximum absolute atomic E-state index is 12.4.